The zero-order valence-electron chi connectivity index (χ0n) is 18.7. The number of hydrogen-bond donors (Lipinski definition) is 2. The third-order valence-electron chi connectivity index (χ3n) is 6.13. The smallest absolute Gasteiger partial charge is 0.184 e. The number of nitrogens with zero attached hydrogens (tertiary/aromatic N) is 5. The van der Waals surface area contributed by atoms with Crippen molar-refractivity contribution in [2.75, 3.05) is 74.1 Å². The molecule has 2 aromatic rings. The third kappa shape index (κ3) is 5.85. The number of hydrazone groups is 1. The van der Waals surface area contributed by atoms with Crippen LogP contribution in [-0.2, 0) is 0 Å². The maximum absolute atomic E-state index is 15.3. The largest absolute Gasteiger partial charge is 0.375 e. The van der Waals surface area contributed by atoms with Crippen molar-refractivity contribution < 1.29 is 4.39 Å². The second-order valence-corrected chi connectivity index (χ2v) is 9.21. The number of likely N-dealkylation sites (N-methyl/N-ethyl adjacent to an activating group) is 1. The minimum atomic E-state index is -0.260. The van der Waals surface area contributed by atoms with E-state index >= 15 is 4.39 Å². The fourth-order valence-electron chi connectivity index (χ4n) is 4.26. The van der Waals surface area contributed by atoms with E-state index in [0.717, 1.165) is 68.8 Å². The Morgan fingerprint density at radius 1 is 0.970 bits per heavy atom. The van der Waals surface area contributed by atoms with Crippen LogP contribution in [0.4, 0.5) is 21.5 Å². The highest BCUT2D eigenvalue weighted by atomic mass is 35.5. The quantitative estimate of drug-likeness (QED) is 0.380. The zero-order valence-corrected chi connectivity index (χ0v) is 20.2. The average Bonchev–Trinajstić information content (AvgIpc) is 2.80. The van der Waals surface area contributed by atoms with E-state index in [4.69, 9.17) is 29.6 Å². The zero-order chi connectivity index (χ0) is 23.4. The van der Waals surface area contributed by atoms with Gasteiger partial charge < -0.3 is 25.3 Å². The summed E-state index contributed by atoms with van der Waals surface area (Å²) in [5, 5.41) is 4.87. The van der Waals surface area contributed by atoms with Crippen LogP contribution in [-0.4, -0.2) is 75.6 Å². The van der Waals surface area contributed by atoms with Gasteiger partial charge in [-0.3, -0.25) is 5.43 Å². The van der Waals surface area contributed by atoms with Gasteiger partial charge in [0, 0.05) is 74.3 Å². The average molecular weight is 490 g/mol. The second-order valence-electron chi connectivity index (χ2n) is 8.34. The summed E-state index contributed by atoms with van der Waals surface area (Å²) >= 11 is 10.8. The molecule has 2 aromatic carbocycles. The number of rotatable bonds is 5. The number of halogens is 2. The molecule has 4 rings (SSSR count). The molecule has 10 heteroatoms. The highest BCUT2D eigenvalue weighted by Crippen LogP contribution is 2.31. The number of nitrogens with one attached hydrogen (secondary N) is 1. The monoisotopic (exact) mass is 489 g/mol. The summed E-state index contributed by atoms with van der Waals surface area (Å²) in [5.41, 5.74) is 11.4. The Bertz CT molecular complexity index is 1000. The number of piperazine rings is 2. The molecule has 33 heavy (non-hydrogen) atoms. The molecule has 0 aromatic heterocycles. The van der Waals surface area contributed by atoms with Crippen molar-refractivity contribution in [1.82, 2.24) is 10.3 Å². The van der Waals surface area contributed by atoms with Gasteiger partial charge in [0.25, 0.3) is 0 Å². The van der Waals surface area contributed by atoms with Crippen molar-refractivity contribution in [2.24, 2.45) is 10.8 Å². The van der Waals surface area contributed by atoms with Gasteiger partial charge in [-0.15, -0.1) is 0 Å². The SMILES string of the molecule is CN1CCN(c2cc(N3CCN(c4ccc(Cl)cc4)CC3)c(F)cc2/C=N/NC(N)=S)CC1. The van der Waals surface area contributed by atoms with Crippen LogP contribution in [0, 0.1) is 5.82 Å². The first-order chi connectivity index (χ1) is 15.9. The number of benzene rings is 2. The van der Waals surface area contributed by atoms with E-state index < -0.39 is 0 Å². The fraction of sp³-hybridized carbons (Fsp3) is 0.391. The van der Waals surface area contributed by atoms with E-state index in [9.17, 15) is 0 Å². The molecule has 7 nitrogen and oxygen atoms in total. The second kappa shape index (κ2) is 10.5. The van der Waals surface area contributed by atoms with Gasteiger partial charge in [-0.05, 0) is 55.7 Å². The topological polar surface area (TPSA) is 63.4 Å². The summed E-state index contributed by atoms with van der Waals surface area (Å²) in [4.78, 5) is 9.00. The van der Waals surface area contributed by atoms with E-state index in [1.165, 1.54) is 0 Å². The minimum absolute atomic E-state index is 0.0723. The molecular weight excluding hydrogens is 461 g/mol. The molecule has 0 amide bonds. The van der Waals surface area contributed by atoms with E-state index in [1.54, 1.807) is 12.3 Å². The molecule has 3 N–H and O–H groups in total. The lowest BCUT2D eigenvalue weighted by molar-refractivity contribution is 0.313. The molecule has 2 aliphatic heterocycles. The third-order valence-corrected chi connectivity index (χ3v) is 6.47. The summed E-state index contributed by atoms with van der Waals surface area (Å²) in [5.74, 6) is -0.260. The lowest BCUT2D eigenvalue weighted by Gasteiger charge is -2.39. The molecule has 2 saturated heterocycles. The van der Waals surface area contributed by atoms with E-state index in [2.05, 4.69) is 37.2 Å². The molecule has 0 aliphatic carbocycles. The standard InChI is InChI=1S/C23H29ClFN7S/c1-29-6-8-31(9-7-29)21-15-22(20(25)14-17(21)16-27-28-23(26)33)32-12-10-30(11-13-32)19-4-2-18(24)3-5-19/h2-5,14-16H,6-13H2,1H3,(H3,26,28,33)/b27-16+. The van der Waals surface area contributed by atoms with Gasteiger partial charge in [0.15, 0.2) is 5.11 Å². The van der Waals surface area contributed by atoms with Crippen LogP contribution in [0.15, 0.2) is 41.5 Å². The van der Waals surface area contributed by atoms with Crippen molar-refractivity contribution in [1.29, 1.82) is 0 Å². The molecule has 2 fully saturated rings. The first-order valence-electron chi connectivity index (χ1n) is 11.0. The number of thiocarbonyl (C=S) groups is 1. The molecule has 0 bridgehead atoms. The molecule has 2 heterocycles. The Morgan fingerprint density at radius 2 is 1.55 bits per heavy atom. The van der Waals surface area contributed by atoms with Gasteiger partial charge >= 0.3 is 0 Å². The molecule has 0 atom stereocenters. The molecule has 176 valence electrons. The van der Waals surface area contributed by atoms with Crippen LogP contribution in [0.25, 0.3) is 0 Å². The predicted molar refractivity (Wildman–Crippen MR) is 140 cm³/mol. The van der Waals surface area contributed by atoms with Gasteiger partial charge in [-0.2, -0.15) is 5.10 Å². The van der Waals surface area contributed by atoms with E-state index in [0.29, 0.717) is 11.3 Å². The maximum Gasteiger partial charge on any atom is 0.184 e. The highest BCUT2D eigenvalue weighted by Gasteiger charge is 2.24. The summed E-state index contributed by atoms with van der Waals surface area (Å²) in [6.45, 7) is 6.74. The van der Waals surface area contributed by atoms with Crippen LogP contribution in [0.1, 0.15) is 5.56 Å². The Balaban J connectivity index is 1.55. The van der Waals surface area contributed by atoms with E-state index in [1.807, 2.05) is 30.3 Å². The molecular formula is C23H29ClFN7S. The molecule has 0 spiro atoms. The Morgan fingerprint density at radius 3 is 2.18 bits per heavy atom. The van der Waals surface area contributed by atoms with Gasteiger partial charge in [0.05, 0.1) is 11.9 Å². The Kier molecular flexibility index (Phi) is 7.52. The maximum atomic E-state index is 15.3. The predicted octanol–water partition coefficient (Wildman–Crippen LogP) is 2.72. The summed E-state index contributed by atoms with van der Waals surface area (Å²) in [6, 6.07) is 11.4. The van der Waals surface area contributed by atoms with Crippen molar-refractivity contribution >= 4 is 52.2 Å². The number of hydrogen-bond acceptors (Lipinski definition) is 6. The van der Waals surface area contributed by atoms with Gasteiger partial charge in [0.2, 0.25) is 0 Å². The van der Waals surface area contributed by atoms with Crippen molar-refractivity contribution in [2.45, 2.75) is 0 Å². The van der Waals surface area contributed by atoms with Crippen LogP contribution in [0.2, 0.25) is 5.02 Å². The minimum Gasteiger partial charge on any atom is -0.375 e. The highest BCUT2D eigenvalue weighted by molar-refractivity contribution is 7.80. The van der Waals surface area contributed by atoms with Crippen molar-refractivity contribution in [3.05, 3.63) is 52.8 Å². The lowest BCUT2D eigenvalue weighted by atomic mass is 10.1. The number of nitrogens with two attached hydrogens (primary N) is 1. The number of anilines is 3. The normalized spacial score (nSPS) is 17.6. The Labute approximate surface area is 204 Å². The van der Waals surface area contributed by atoms with Gasteiger partial charge in [-0.25, -0.2) is 4.39 Å². The summed E-state index contributed by atoms with van der Waals surface area (Å²) < 4.78 is 15.3. The van der Waals surface area contributed by atoms with Crippen molar-refractivity contribution in [3.8, 4) is 0 Å². The van der Waals surface area contributed by atoms with Gasteiger partial charge in [0.1, 0.15) is 5.82 Å². The molecule has 0 unspecified atom stereocenters. The molecule has 2 aliphatic rings. The summed E-state index contributed by atoms with van der Waals surface area (Å²) in [7, 11) is 2.11. The van der Waals surface area contributed by atoms with Crippen LogP contribution in [0.3, 0.4) is 0 Å². The van der Waals surface area contributed by atoms with Crippen LogP contribution >= 0.6 is 23.8 Å². The summed E-state index contributed by atoms with van der Waals surface area (Å²) in [6.07, 6.45) is 1.58. The van der Waals surface area contributed by atoms with Crippen LogP contribution < -0.4 is 25.9 Å². The Hall–Kier alpha value is -2.62. The lowest BCUT2D eigenvalue weighted by Crippen LogP contribution is -2.47. The first kappa shape index (κ1) is 23.5. The molecule has 0 saturated carbocycles. The fourth-order valence-corrected chi connectivity index (χ4v) is 4.43. The van der Waals surface area contributed by atoms with E-state index in [-0.39, 0.29) is 10.9 Å². The van der Waals surface area contributed by atoms with Crippen LogP contribution in [0.5, 0.6) is 0 Å². The molecule has 0 radical (unpaired) electrons. The van der Waals surface area contributed by atoms with Crippen molar-refractivity contribution in [3.63, 3.8) is 0 Å². The first-order valence-corrected chi connectivity index (χ1v) is 11.8. The van der Waals surface area contributed by atoms with Gasteiger partial charge in [-0.1, -0.05) is 11.6 Å².